The van der Waals surface area contributed by atoms with E-state index in [0.717, 1.165) is 19.1 Å². The SMILES string of the molecule is CCCCON=C(C#N)S(C)(=O)=O. The van der Waals surface area contributed by atoms with Crippen molar-refractivity contribution in [2.45, 2.75) is 19.8 Å². The van der Waals surface area contributed by atoms with E-state index in [2.05, 4.69) is 9.99 Å². The van der Waals surface area contributed by atoms with Gasteiger partial charge in [-0.05, 0) is 6.42 Å². The molecule has 6 heteroatoms. The quantitative estimate of drug-likeness (QED) is 0.292. The minimum absolute atomic E-state index is 0.331. The second-order valence-electron chi connectivity index (χ2n) is 2.47. The van der Waals surface area contributed by atoms with E-state index >= 15 is 0 Å². The van der Waals surface area contributed by atoms with Gasteiger partial charge in [0.1, 0.15) is 12.7 Å². The van der Waals surface area contributed by atoms with Crippen molar-refractivity contribution in [2.75, 3.05) is 12.9 Å². The van der Waals surface area contributed by atoms with Crippen molar-refractivity contribution < 1.29 is 13.3 Å². The molecule has 0 saturated heterocycles. The van der Waals surface area contributed by atoms with E-state index in [1.54, 1.807) is 0 Å². The van der Waals surface area contributed by atoms with Gasteiger partial charge >= 0.3 is 0 Å². The summed E-state index contributed by atoms with van der Waals surface area (Å²) in [4.78, 5) is 4.64. The average molecular weight is 204 g/mol. The summed E-state index contributed by atoms with van der Waals surface area (Å²) in [6.07, 6.45) is 2.63. The zero-order valence-corrected chi connectivity index (χ0v) is 8.47. The van der Waals surface area contributed by atoms with Crippen molar-refractivity contribution in [3.63, 3.8) is 0 Å². The first-order chi connectivity index (χ1) is 6.02. The number of sulfone groups is 1. The monoisotopic (exact) mass is 204 g/mol. The van der Waals surface area contributed by atoms with Gasteiger partial charge in [-0.15, -0.1) is 0 Å². The smallest absolute Gasteiger partial charge is 0.270 e. The van der Waals surface area contributed by atoms with Gasteiger partial charge in [0.05, 0.1) is 0 Å². The van der Waals surface area contributed by atoms with Crippen LogP contribution in [0.15, 0.2) is 5.16 Å². The number of rotatable bonds is 4. The van der Waals surface area contributed by atoms with Gasteiger partial charge in [-0.3, -0.25) is 0 Å². The van der Waals surface area contributed by atoms with Crippen LogP contribution in [-0.2, 0) is 14.7 Å². The van der Waals surface area contributed by atoms with Crippen LogP contribution in [0.4, 0.5) is 0 Å². The van der Waals surface area contributed by atoms with Gasteiger partial charge in [-0.2, -0.15) is 5.26 Å². The zero-order chi connectivity index (χ0) is 10.3. The first-order valence-corrected chi connectivity index (χ1v) is 5.71. The van der Waals surface area contributed by atoms with Crippen molar-refractivity contribution in [1.29, 1.82) is 5.26 Å². The normalized spacial score (nSPS) is 12.2. The summed E-state index contributed by atoms with van der Waals surface area (Å²) in [5.74, 6) is 0. The van der Waals surface area contributed by atoms with Crippen LogP contribution < -0.4 is 0 Å². The number of nitrogens with zero attached hydrogens (tertiary/aromatic N) is 2. The van der Waals surface area contributed by atoms with Gasteiger partial charge in [-0.25, -0.2) is 8.42 Å². The van der Waals surface area contributed by atoms with Crippen LogP contribution >= 0.6 is 0 Å². The van der Waals surface area contributed by atoms with E-state index in [1.807, 2.05) is 6.92 Å². The zero-order valence-electron chi connectivity index (χ0n) is 7.65. The van der Waals surface area contributed by atoms with Crippen molar-refractivity contribution in [1.82, 2.24) is 0 Å². The first kappa shape index (κ1) is 11.9. The number of oxime groups is 1. The molecule has 74 valence electrons. The molecule has 0 spiro atoms. The van der Waals surface area contributed by atoms with Crippen molar-refractivity contribution in [3.8, 4) is 6.07 Å². The van der Waals surface area contributed by atoms with Crippen LogP contribution in [0, 0.1) is 11.3 Å². The minimum Gasteiger partial charge on any atom is -0.394 e. The van der Waals surface area contributed by atoms with Gasteiger partial charge in [0.2, 0.25) is 9.84 Å². The molecule has 0 fully saturated rings. The van der Waals surface area contributed by atoms with Crippen LogP contribution in [-0.4, -0.2) is 26.3 Å². The number of unbranched alkanes of at least 4 members (excludes halogenated alkanes) is 1. The maximum Gasteiger partial charge on any atom is 0.270 e. The number of nitriles is 1. The average Bonchev–Trinajstić information content (AvgIpc) is 2.02. The van der Waals surface area contributed by atoms with E-state index in [4.69, 9.17) is 5.26 Å². The topological polar surface area (TPSA) is 79.5 Å². The summed E-state index contributed by atoms with van der Waals surface area (Å²) < 4.78 is 21.6. The Bertz CT molecular complexity index is 313. The van der Waals surface area contributed by atoms with E-state index in [-0.39, 0.29) is 0 Å². The van der Waals surface area contributed by atoms with Crippen molar-refractivity contribution >= 4 is 14.9 Å². The fourth-order valence-corrected chi connectivity index (χ4v) is 0.838. The molecule has 0 aromatic heterocycles. The maximum absolute atomic E-state index is 10.8. The Kier molecular flexibility index (Phi) is 5.07. The molecule has 0 aromatic rings. The molecular formula is C7H12N2O3S. The molecule has 0 aliphatic heterocycles. The van der Waals surface area contributed by atoms with E-state index < -0.39 is 14.9 Å². The van der Waals surface area contributed by atoms with E-state index in [0.29, 0.717) is 6.61 Å². The fraction of sp³-hybridized carbons (Fsp3) is 0.714. The predicted molar refractivity (Wildman–Crippen MR) is 48.8 cm³/mol. The number of hydrogen-bond donors (Lipinski definition) is 0. The third-order valence-electron chi connectivity index (χ3n) is 1.18. The highest BCUT2D eigenvalue weighted by Gasteiger charge is 2.12. The molecule has 13 heavy (non-hydrogen) atoms. The summed E-state index contributed by atoms with van der Waals surface area (Å²) in [6, 6.07) is 1.46. The maximum atomic E-state index is 10.8. The highest BCUT2D eigenvalue weighted by molar-refractivity contribution is 8.06. The van der Waals surface area contributed by atoms with Crippen molar-refractivity contribution in [3.05, 3.63) is 0 Å². The van der Waals surface area contributed by atoms with Gasteiger partial charge in [0, 0.05) is 6.26 Å². The fourth-order valence-electron chi connectivity index (χ4n) is 0.484. The molecule has 0 aliphatic rings. The van der Waals surface area contributed by atoms with Crippen LogP contribution in [0.25, 0.3) is 0 Å². The predicted octanol–water partition coefficient (Wildman–Crippen LogP) is 0.685. The molecule has 0 saturated carbocycles. The van der Waals surface area contributed by atoms with Gasteiger partial charge in [0.15, 0.2) is 0 Å². The lowest BCUT2D eigenvalue weighted by molar-refractivity contribution is 0.142. The summed E-state index contributed by atoms with van der Waals surface area (Å²) >= 11 is 0. The lowest BCUT2D eigenvalue weighted by atomic mass is 10.4. The van der Waals surface area contributed by atoms with E-state index in [9.17, 15) is 8.42 Å². The Balaban J connectivity index is 4.21. The molecule has 0 unspecified atom stereocenters. The van der Waals surface area contributed by atoms with Gasteiger partial charge in [-0.1, -0.05) is 18.5 Å². The van der Waals surface area contributed by atoms with Gasteiger partial charge < -0.3 is 4.84 Å². The van der Waals surface area contributed by atoms with Gasteiger partial charge in [0.25, 0.3) is 5.04 Å². The Labute approximate surface area is 77.9 Å². The molecule has 0 aliphatic carbocycles. The third kappa shape index (κ3) is 5.20. The molecule has 0 heterocycles. The summed E-state index contributed by atoms with van der Waals surface area (Å²) in [5.41, 5.74) is 0. The van der Waals surface area contributed by atoms with Crippen LogP contribution in [0.3, 0.4) is 0 Å². The molecule has 0 radical (unpaired) electrons. The largest absolute Gasteiger partial charge is 0.394 e. The molecular weight excluding hydrogens is 192 g/mol. The van der Waals surface area contributed by atoms with E-state index in [1.165, 1.54) is 6.07 Å². The molecule has 0 N–H and O–H groups in total. The molecule has 0 rings (SSSR count). The Morgan fingerprint density at radius 2 is 2.23 bits per heavy atom. The van der Waals surface area contributed by atoms with Crippen LogP contribution in [0.5, 0.6) is 0 Å². The molecule has 0 amide bonds. The molecule has 0 bridgehead atoms. The Hall–Kier alpha value is -1.09. The highest BCUT2D eigenvalue weighted by atomic mass is 32.2. The molecule has 5 nitrogen and oxygen atoms in total. The second-order valence-corrected chi connectivity index (χ2v) is 4.40. The minimum atomic E-state index is -3.54. The Morgan fingerprint density at radius 3 is 2.62 bits per heavy atom. The summed E-state index contributed by atoms with van der Waals surface area (Å²) in [7, 11) is -3.54. The second kappa shape index (κ2) is 5.54. The number of hydrogen-bond acceptors (Lipinski definition) is 5. The van der Waals surface area contributed by atoms with Crippen LogP contribution in [0.1, 0.15) is 19.8 Å². The van der Waals surface area contributed by atoms with Crippen molar-refractivity contribution in [2.24, 2.45) is 5.16 Å². The first-order valence-electron chi connectivity index (χ1n) is 3.82. The Morgan fingerprint density at radius 1 is 1.62 bits per heavy atom. The summed E-state index contributed by atoms with van der Waals surface area (Å²) in [5, 5.41) is 11.0. The molecule has 0 atom stereocenters. The summed E-state index contributed by atoms with van der Waals surface area (Å²) in [6.45, 7) is 2.30. The standard InChI is InChI=1S/C7H12N2O3S/c1-3-4-5-12-9-7(6-8)13(2,10)11/h3-5H2,1-2H3. The molecule has 0 aromatic carbocycles. The lowest BCUT2D eigenvalue weighted by Crippen LogP contribution is -2.11. The van der Waals surface area contributed by atoms with Crippen LogP contribution in [0.2, 0.25) is 0 Å². The highest BCUT2D eigenvalue weighted by Crippen LogP contribution is 1.93. The lowest BCUT2D eigenvalue weighted by Gasteiger charge is -1.96. The third-order valence-corrected chi connectivity index (χ3v) is 2.05.